The van der Waals surface area contributed by atoms with Crippen molar-refractivity contribution in [2.24, 2.45) is 0 Å². The SMILES string of the molecule is COCCNC(=O)[C@@]1(OCc2cccc(C(F)(F)F)c2)CC(OCc2ccc(C)cc2)[C@@H]2OC(C)(C)O[C@@H]2C1. The molecule has 0 aromatic heterocycles. The van der Waals surface area contributed by atoms with Crippen LogP contribution in [0.3, 0.4) is 0 Å². The van der Waals surface area contributed by atoms with Crippen LogP contribution in [-0.2, 0) is 47.9 Å². The summed E-state index contributed by atoms with van der Waals surface area (Å²) >= 11 is 0. The standard InChI is InChI=1S/C29H36F3NO6/c1-19-8-10-20(11-9-19)17-36-23-15-28(26(34)33-12-13-35-4,16-24-25(23)39-27(2,3)38-24)37-18-21-6-5-7-22(14-21)29(30,31)32/h5-11,14,23-25H,12-13,15-18H2,1-4H3,(H,33,34)/t23?,24-,25+,28-/m1/s1. The van der Waals surface area contributed by atoms with E-state index in [1.165, 1.54) is 13.2 Å². The Morgan fingerprint density at radius 3 is 2.49 bits per heavy atom. The van der Waals surface area contributed by atoms with Crippen molar-refractivity contribution in [1.82, 2.24) is 5.32 Å². The number of carbonyl (C=O) groups is 1. The van der Waals surface area contributed by atoms with Crippen LogP contribution in [0.25, 0.3) is 0 Å². The number of methoxy groups -OCH3 is 1. The number of hydrogen-bond acceptors (Lipinski definition) is 6. The maximum absolute atomic E-state index is 13.6. The molecule has 1 aliphatic heterocycles. The largest absolute Gasteiger partial charge is 0.416 e. The second-order valence-electron chi connectivity index (χ2n) is 10.6. The van der Waals surface area contributed by atoms with Crippen molar-refractivity contribution in [2.45, 2.75) is 82.7 Å². The molecule has 0 spiro atoms. The topological polar surface area (TPSA) is 75.3 Å². The third-order valence-electron chi connectivity index (χ3n) is 7.01. The lowest BCUT2D eigenvalue weighted by molar-refractivity contribution is -0.183. The molecule has 10 heteroatoms. The summed E-state index contributed by atoms with van der Waals surface area (Å²) in [6.07, 6.45) is -5.73. The molecule has 2 aromatic carbocycles. The molecule has 1 aliphatic carbocycles. The first-order valence-corrected chi connectivity index (χ1v) is 13.0. The number of hydrogen-bond donors (Lipinski definition) is 1. The van der Waals surface area contributed by atoms with Gasteiger partial charge in [-0.2, -0.15) is 13.2 Å². The van der Waals surface area contributed by atoms with Gasteiger partial charge in [-0.1, -0.05) is 42.0 Å². The first-order valence-electron chi connectivity index (χ1n) is 13.0. The fourth-order valence-corrected chi connectivity index (χ4v) is 5.08. The number of amides is 1. The van der Waals surface area contributed by atoms with Gasteiger partial charge < -0.3 is 29.0 Å². The lowest BCUT2D eigenvalue weighted by Crippen LogP contribution is -2.60. The molecule has 7 nitrogen and oxygen atoms in total. The van der Waals surface area contributed by atoms with Gasteiger partial charge >= 0.3 is 6.18 Å². The molecule has 4 rings (SSSR count). The molecule has 0 radical (unpaired) electrons. The van der Waals surface area contributed by atoms with E-state index < -0.39 is 47.3 Å². The zero-order valence-corrected chi connectivity index (χ0v) is 22.7. The summed E-state index contributed by atoms with van der Waals surface area (Å²) in [7, 11) is 1.53. The average molecular weight is 552 g/mol. The zero-order valence-electron chi connectivity index (χ0n) is 22.7. The molecular weight excluding hydrogens is 515 g/mol. The first-order chi connectivity index (χ1) is 18.4. The van der Waals surface area contributed by atoms with Gasteiger partial charge in [0.05, 0.1) is 37.6 Å². The van der Waals surface area contributed by atoms with Crippen LogP contribution in [0.5, 0.6) is 0 Å². The molecule has 4 atom stereocenters. The number of aryl methyl sites for hydroxylation is 1. The smallest absolute Gasteiger partial charge is 0.383 e. The van der Waals surface area contributed by atoms with E-state index in [1.807, 2.05) is 31.2 Å². The molecule has 2 fully saturated rings. The third kappa shape index (κ3) is 7.37. The molecule has 1 saturated carbocycles. The molecule has 2 aromatic rings. The third-order valence-corrected chi connectivity index (χ3v) is 7.01. The Morgan fingerprint density at radius 1 is 1.05 bits per heavy atom. The van der Waals surface area contributed by atoms with Crippen molar-refractivity contribution in [1.29, 1.82) is 0 Å². The molecule has 1 amide bonds. The summed E-state index contributed by atoms with van der Waals surface area (Å²) in [5.74, 6) is -1.30. The Morgan fingerprint density at radius 2 is 1.79 bits per heavy atom. The average Bonchev–Trinajstić information content (AvgIpc) is 3.20. The minimum absolute atomic E-state index is 0.136. The van der Waals surface area contributed by atoms with E-state index in [1.54, 1.807) is 19.9 Å². The van der Waals surface area contributed by atoms with E-state index in [4.69, 9.17) is 23.7 Å². The molecule has 214 valence electrons. The van der Waals surface area contributed by atoms with Gasteiger partial charge in [-0.15, -0.1) is 0 Å². The fraction of sp³-hybridized carbons (Fsp3) is 0.552. The van der Waals surface area contributed by atoms with Crippen LogP contribution in [0.15, 0.2) is 48.5 Å². The highest BCUT2D eigenvalue weighted by molar-refractivity contribution is 5.85. The molecular formula is C29H36F3NO6. The second kappa shape index (κ2) is 11.9. The van der Waals surface area contributed by atoms with Crippen molar-refractivity contribution >= 4 is 5.91 Å². The number of nitrogens with one attached hydrogen (secondary N) is 1. The zero-order chi connectivity index (χ0) is 28.3. The number of ether oxygens (including phenoxy) is 5. The van der Waals surface area contributed by atoms with Gasteiger partial charge in [0.1, 0.15) is 6.10 Å². The van der Waals surface area contributed by atoms with E-state index in [0.29, 0.717) is 12.2 Å². The lowest BCUT2D eigenvalue weighted by atomic mass is 9.78. The summed E-state index contributed by atoms with van der Waals surface area (Å²) in [6.45, 7) is 6.22. The van der Waals surface area contributed by atoms with Crippen molar-refractivity contribution in [3.8, 4) is 0 Å². The number of carbonyl (C=O) groups excluding carboxylic acids is 1. The Kier molecular flexibility index (Phi) is 9.02. The van der Waals surface area contributed by atoms with E-state index in [-0.39, 0.29) is 32.6 Å². The van der Waals surface area contributed by atoms with Crippen molar-refractivity contribution < 1.29 is 41.7 Å². The van der Waals surface area contributed by atoms with Gasteiger partial charge in [0, 0.05) is 26.5 Å². The van der Waals surface area contributed by atoms with Crippen molar-refractivity contribution in [3.05, 3.63) is 70.8 Å². The maximum Gasteiger partial charge on any atom is 0.416 e. The summed E-state index contributed by atoms with van der Waals surface area (Å²) in [5, 5.41) is 2.85. The van der Waals surface area contributed by atoms with Crippen LogP contribution < -0.4 is 5.32 Å². The summed E-state index contributed by atoms with van der Waals surface area (Å²) in [6, 6.07) is 12.8. The molecule has 39 heavy (non-hydrogen) atoms. The molecule has 1 heterocycles. The lowest BCUT2D eigenvalue weighted by Gasteiger charge is -2.43. The summed E-state index contributed by atoms with van der Waals surface area (Å²) in [4.78, 5) is 13.6. The summed E-state index contributed by atoms with van der Waals surface area (Å²) < 4.78 is 69.9. The minimum Gasteiger partial charge on any atom is -0.383 e. The van der Waals surface area contributed by atoms with Crippen molar-refractivity contribution in [2.75, 3.05) is 20.3 Å². The molecule has 1 saturated heterocycles. The van der Waals surface area contributed by atoms with Crippen LogP contribution in [0, 0.1) is 6.92 Å². The minimum atomic E-state index is -4.49. The quantitative estimate of drug-likeness (QED) is 0.422. The first kappa shape index (κ1) is 29.5. The fourth-order valence-electron chi connectivity index (χ4n) is 5.08. The van der Waals surface area contributed by atoms with Gasteiger partial charge in [0.2, 0.25) is 0 Å². The van der Waals surface area contributed by atoms with Gasteiger partial charge in [0.25, 0.3) is 5.91 Å². The van der Waals surface area contributed by atoms with E-state index in [2.05, 4.69) is 5.32 Å². The van der Waals surface area contributed by atoms with Crippen LogP contribution in [-0.4, -0.2) is 55.9 Å². The van der Waals surface area contributed by atoms with Crippen LogP contribution in [0.4, 0.5) is 13.2 Å². The molecule has 2 aliphatic rings. The number of alkyl halides is 3. The predicted octanol–water partition coefficient (Wildman–Crippen LogP) is 4.93. The number of rotatable bonds is 10. The van der Waals surface area contributed by atoms with Gasteiger partial charge in [0.15, 0.2) is 11.4 Å². The van der Waals surface area contributed by atoms with Crippen LogP contribution in [0.1, 0.15) is 48.9 Å². The van der Waals surface area contributed by atoms with Gasteiger partial charge in [-0.05, 0) is 44.0 Å². The van der Waals surface area contributed by atoms with Gasteiger partial charge in [-0.3, -0.25) is 4.79 Å². The molecule has 0 bridgehead atoms. The highest BCUT2D eigenvalue weighted by Crippen LogP contribution is 2.44. The van der Waals surface area contributed by atoms with Crippen molar-refractivity contribution in [3.63, 3.8) is 0 Å². The highest BCUT2D eigenvalue weighted by Gasteiger charge is 2.58. The Bertz CT molecular complexity index is 1120. The number of fused-ring (bicyclic) bond motifs is 1. The monoisotopic (exact) mass is 551 g/mol. The highest BCUT2D eigenvalue weighted by atomic mass is 19.4. The van der Waals surface area contributed by atoms with E-state index in [0.717, 1.165) is 23.3 Å². The second-order valence-corrected chi connectivity index (χ2v) is 10.6. The molecule has 1 unspecified atom stereocenters. The normalized spacial score (nSPS) is 26.3. The van der Waals surface area contributed by atoms with E-state index >= 15 is 0 Å². The Balaban J connectivity index is 1.60. The Labute approximate surface area is 226 Å². The maximum atomic E-state index is 13.6. The van der Waals surface area contributed by atoms with Crippen LogP contribution in [0.2, 0.25) is 0 Å². The van der Waals surface area contributed by atoms with Crippen LogP contribution >= 0.6 is 0 Å². The number of halogens is 3. The number of benzene rings is 2. The summed E-state index contributed by atoms with van der Waals surface area (Å²) in [5.41, 5.74) is 0.184. The molecule has 1 N–H and O–H groups in total. The van der Waals surface area contributed by atoms with Gasteiger partial charge in [-0.25, -0.2) is 0 Å². The predicted molar refractivity (Wildman–Crippen MR) is 137 cm³/mol. The van der Waals surface area contributed by atoms with E-state index in [9.17, 15) is 18.0 Å². The Hall–Kier alpha value is -2.50.